The van der Waals surface area contributed by atoms with Gasteiger partial charge in [0.15, 0.2) is 5.96 Å². The molecule has 1 saturated heterocycles. The van der Waals surface area contributed by atoms with Crippen molar-refractivity contribution in [3.05, 3.63) is 0 Å². The summed E-state index contributed by atoms with van der Waals surface area (Å²) in [7, 11) is -3.09. The normalized spacial score (nSPS) is 23.6. The first-order valence-electron chi connectivity index (χ1n) is 8.38. The summed E-state index contributed by atoms with van der Waals surface area (Å²) in [4.78, 5) is 6.98. The number of rotatable bonds is 7. The van der Waals surface area contributed by atoms with Crippen molar-refractivity contribution in [2.45, 2.75) is 40.5 Å². The highest BCUT2D eigenvalue weighted by molar-refractivity contribution is 7.89. The van der Waals surface area contributed by atoms with Crippen LogP contribution in [-0.2, 0) is 10.0 Å². The Bertz CT molecular complexity index is 440. The van der Waals surface area contributed by atoms with E-state index in [-0.39, 0.29) is 5.75 Å². The Kier molecular flexibility index (Phi) is 8.17. The number of nitrogens with one attached hydrogen (secondary N) is 2. The fourth-order valence-corrected chi connectivity index (χ4v) is 3.51. The topological polar surface area (TPSA) is 73.8 Å². The summed E-state index contributed by atoms with van der Waals surface area (Å²) >= 11 is 0. The largest absolute Gasteiger partial charge is 0.357 e. The minimum atomic E-state index is -3.09. The molecule has 0 spiro atoms. The van der Waals surface area contributed by atoms with Crippen molar-refractivity contribution in [3.8, 4) is 0 Å². The highest BCUT2D eigenvalue weighted by Crippen LogP contribution is 2.20. The molecule has 22 heavy (non-hydrogen) atoms. The van der Waals surface area contributed by atoms with E-state index in [1.807, 2.05) is 0 Å². The van der Waals surface area contributed by atoms with Crippen molar-refractivity contribution < 1.29 is 8.42 Å². The zero-order valence-electron chi connectivity index (χ0n) is 14.4. The van der Waals surface area contributed by atoms with Gasteiger partial charge in [-0.3, -0.25) is 4.99 Å². The summed E-state index contributed by atoms with van der Waals surface area (Å²) in [5, 5.41) is 3.35. The van der Waals surface area contributed by atoms with E-state index in [0.29, 0.717) is 31.3 Å². The van der Waals surface area contributed by atoms with Crippen molar-refractivity contribution in [1.29, 1.82) is 0 Å². The second-order valence-electron chi connectivity index (χ2n) is 6.24. The Hall–Kier alpha value is -0.820. The van der Waals surface area contributed by atoms with Crippen molar-refractivity contribution in [3.63, 3.8) is 0 Å². The number of hydrogen-bond donors (Lipinski definition) is 2. The second kappa shape index (κ2) is 9.35. The molecule has 1 fully saturated rings. The number of likely N-dealkylation sites (tertiary alicyclic amines) is 1. The molecule has 1 aliphatic rings. The van der Waals surface area contributed by atoms with Crippen molar-refractivity contribution in [2.75, 3.05) is 38.5 Å². The minimum absolute atomic E-state index is 0.127. The molecule has 2 N–H and O–H groups in total. The molecule has 1 aliphatic heterocycles. The van der Waals surface area contributed by atoms with Gasteiger partial charge in [-0.2, -0.15) is 0 Å². The Labute approximate surface area is 135 Å². The van der Waals surface area contributed by atoms with E-state index in [0.717, 1.165) is 25.6 Å². The average Bonchev–Trinajstić information content (AvgIpc) is 2.44. The Morgan fingerprint density at radius 2 is 1.86 bits per heavy atom. The van der Waals surface area contributed by atoms with Crippen LogP contribution in [0.4, 0.5) is 0 Å². The molecule has 2 unspecified atom stereocenters. The predicted octanol–water partition coefficient (Wildman–Crippen LogP) is 1.26. The Morgan fingerprint density at radius 3 is 2.41 bits per heavy atom. The molecule has 0 bridgehead atoms. The molecule has 0 aliphatic carbocycles. The molecule has 0 amide bonds. The van der Waals surface area contributed by atoms with Gasteiger partial charge in [0, 0.05) is 32.7 Å². The lowest BCUT2D eigenvalue weighted by molar-refractivity contribution is 0.208. The van der Waals surface area contributed by atoms with Crippen LogP contribution in [0.15, 0.2) is 4.99 Å². The smallest absolute Gasteiger partial charge is 0.211 e. The molecule has 130 valence electrons. The van der Waals surface area contributed by atoms with Gasteiger partial charge in [-0.15, -0.1) is 0 Å². The van der Waals surface area contributed by atoms with Gasteiger partial charge in [-0.05, 0) is 38.5 Å². The van der Waals surface area contributed by atoms with E-state index in [1.54, 1.807) is 6.92 Å². The van der Waals surface area contributed by atoms with Gasteiger partial charge in [0.1, 0.15) is 0 Å². The standard InChI is InChI=1S/C15H32N4O2S/c1-5-16-15(19-11-13(3)10-14(4)12-19)17-8-7-9-18-22(20,21)6-2/h13-14,18H,5-12H2,1-4H3,(H,16,17). The van der Waals surface area contributed by atoms with Crippen LogP contribution in [0.5, 0.6) is 0 Å². The number of guanidine groups is 1. The van der Waals surface area contributed by atoms with Gasteiger partial charge in [0.05, 0.1) is 5.75 Å². The summed E-state index contributed by atoms with van der Waals surface area (Å²) in [5.74, 6) is 2.45. The summed E-state index contributed by atoms with van der Waals surface area (Å²) in [5.41, 5.74) is 0. The molecular weight excluding hydrogens is 300 g/mol. The van der Waals surface area contributed by atoms with E-state index in [1.165, 1.54) is 6.42 Å². The van der Waals surface area contributed by atoms with E-state index < -0.39 is 10.0 Å². The van der Waals surface area contributed by atoms with Crippen LogP contribution in [0.2, 0.25) is 0 Å². The summed E-state index contributed by atoms with van der Waals surface area (Å²) in [6.07, 6.45) is 1.99. The van der Waals surface area contributed by atoms with Gasteiger partial charge in [-0.25, -0.2) is 13.1 Å². The van der Waals surface area contributed by atoms with Crippen LogP contribution in [0.1, 0.15) is 40.5 Å². The van der Waals surface area contributed by atoms with E-state index in [4.69, 9.17) is 0 Å². The zero-order chi connectivity index (χ0) is 16.6. The number of aliphatic imine (C=N–C) groups is 1. The molecule has 0 aromatic heterocycles. The van der Waals surface area contributed by atoms with Gasteiger partial charge >= 0.3 is 0 Å². The Balaban J connectivity index is 2.48. The number of hydrogen-bond acceptors (Lipinski definition) is 3. The maximum atomic E-state index is 11.4. The predicted molar refractivity (Wildman–Crippen MR) is 92.6 cm³/mol. The molecule has 7 heteroatoms. The molecule has 1 heterocycles. The van der Waals surface area contributed by atoms with Gasteiger partial charge in [0.25, 0.3) is 0 Å². The Morgan fingerprint density at radius 1 is 1.23 bits per heavy atom. The third-order valence-electron chi connectivity index (χ3n) is 3.80. The molecule has 0 aromatic carbocycles. The molecule has 0 radical (unpaired) electrons. The number of sulfonamides is 1. The van der Waals surface area contributed by atoms with Gasteiger partial charge < -0.3 is 10.2 Å². The van der Waals surface area contributed by atoms with Crippen molar-refractivity contribution >= 4 is 16.0 Å². The van der Waals surface area contributed by atoms with Crippen LogP contribution < -0.4 is 10.0 Å². The quantitative estimate of drug-likeness (QED) is 0.418. The number of piperidine rings is 1. The molecule has 1 rings (SSSR count). The minimum Gasteiger partial charge on any atom is -0.357 e. The highest BCUT2D eigenvalue weighted by atomic mass is 32.2. The van der Waals surface area contributed by atoms with E-state index in [2.05, 4.69) is 40.7 Å². The van der Waals surface area contributed by atoms with Crippen molar-refractivity contribution in [1.82, 2.24) is 14.9 Å². The van der Waals surface area contributed by atoms with Gasteiger partial charge in [0.2, 0.25) is 10.0 Å². The third kappa shape index (κ3) is 6.96. The first-order chi connectivity index (χ1) is 10.4. The number of nitrogens with zero attached hydrogens (tertiary/aromatic N) is 2. The van der Waals surface area contributed by atoms with E-state index >= 15 is 0 Å². The molecule has 2 atom stereocenters. The van der Waals surface area contributed by atoms with Crippen LogP contribution >= 0.6 is 0 Å². The van der Waals surface area contributed by atoms with Gasteiger partial charge in [-0.1, -0.05) is 13.8 Å². The molecular formula is C15H32N4O2S. The summed E-state index contributed by atoms with van der Waals surface area (Å²) in [6, 6.07) is 0. The zero-order valence-corrected chi connectivity index (χ0v) is 15.2. The van der Waals surface area contributed by atoms with Crippen LogP contribution in [0.3, 0.4) is 0 Å². The summed E-state index contributed by atoms with van der Waals surface area (Å²) in [6.45, 7) is 12.3. The fraction of sp³-hybridized carbons (Fsp3) is 0.933. The molecule has 0 aromatic rings. The maximum Gasteiger partial charge on any atom is 0.211 e. The molecule has 0 saturated carbocycles. The fourth-order valence-electron chi connectivity index (χ4n) is 2.86. The molecule has 6 nitrogen and oxygen atoms in total. The first kappa shape index (κ1) is 19.2. The van der Waals surface area contributed by atoms with E-state index in [9.17, 15) is 8.42 Å². The van der Waals surface area contributed by atoms with Crippen molar-refractivity contribution in [2.24, 2.45) is 16.8 Å². The summed E-state index contributed by atoms with van der Waals surface area (Å²) < 4.78 is 25.3. The van der Waals surface area contributed by atoms with Crippen LogP contribution in [0, 0.1) is 11.8 Å². The lowest BCUT2D eigenvalue weighted by Crippen LogP contribution is -2.48. The monoisotopic (exact) mass is 332 g/mol. The van der Waals surface area contributed by atoms with Crippen LogP contribution in [0.25, 0.3) is 0 Å². The second-order valence-corrected chi connectivity index (χ2v) is 8.33. The lowest BCUT2D eigenvalue weighted by atomic mass is 9.92. The maximum absolute atomic E-state index is 11.4. The lowest BCUT2D eigenvalue weighted by Gasteiger charge is -2.37. The average molecular weight is 333 g/mol. The highest BCUT2D eigenvalue weighted by Gasteiger charge is 2.23. The third-order valence-corrected chi connectivity index (χ3v) is 5.21. The van der Waals surface area contributed by atoms with Crippen LogP contribution in [-0.4, -0.2) is 57.8 Å². The SMILES string of the molecule is CCNC(=NCCCNS(=O)(=O)CC)N1CC(C)CC(C)C1. The first-order valence-corrected chi connectivity index (χ1v) is 10.0.